The van der Waals surface area contributed by atoms with Crippen molar-refractivity contribution in [3.63, 3.8) is 0 Å². The van der Waals surface area contributed by atoms with Gasteiger partial charge in [0.1, 0.15) is 11.3 Å². The number of aromatic nitrogens is 1. The maximum absolute atomic E-state index is 13.1. The largest absolute Gasteiger partial charge is 0.444 e. The van der Waals surface area contributed by atoms with Crippen molar-refractivity contribution >= 4 is 29.3 Å². The first-order valence-electron chi connectivity index (χ1n) is 12.5. The summed E-state index contributed by atoms with van der Waals surface area (Å²) in [6.45, 7) is 13.1. The Morgan fingerprint density at radius 1 is 1.06 bits per heavy atom. The zero-order valence-electron chi connectivity index (χ0n) is 21.8. The topological polar surface area (TPSA) is 104 Å². The van der Waals surface area contributed by atoms with E-state index in [4.69, 9.17) is 4.74 Å². The molecule has 2 heterocycles. The van der Waals surface area contributed by atoms with Gasteiger partial charge in [0.2, 0.25) is 0 Å². The minimum atomic E-state index is -0.647. The first-order valence-corrected chi connectivity index (χ1v) is 12.5. The summed E-state index contributed by atoms with van der Waals surface area (Å²) in [7, 11) is 0. The lowest BCUT2D eigenvalue weighted by Crippen LogP contribution is -2.43. The number of nitrogens with zero attached hydrogens (tertiary/aromatic N) is 3. The van der Waals surface area contributed by atoms with Crippen LogP contribution in [0.4, 0.5) is 16.2 Å². The highest BCUT2D eigenvalue weighted by molar-refractivity contribution is 6.06. The number of hydrogen-bond donors (Lipinski definition) is 2. The van der Waals surface area contributed by atoms with Crippen LogP contribution in [0.2, 0.25) is 0 Å². The number of benzene rings is 1. The predicted octanol–water partition coefficient (Wildman–Crippen LogP) is 4.63. The Morgan fingerprint density at radius 2 is 1.72 bits per heavy atom. The number of nitrogens with one attached hydrogen (secondary N) is 2. The molecular formula is C27H37N5O4. The maximum Gasteiger partial charge on any atom is 0.412 e. The summed E-state index contributed by atoms with van der Waals surface area (Å²) < 4.78 is 5.29. The Hall–Kier alpha value is -3.46. The fourth-order valence-electron chi connectivity index (χ4n) is 4.19. The van der Waals surface area contributed by atoms with E-state index in [1.54, 1.807) is 57.2 Å². The molecule has 1 aromatic heterocycles. The number of likely N-dealkylation sites (N-methyl/N-ethyl adjacent to an activating group) is 1. The molecule has 0 bridgehead atoms. The van der Waals surface area contributed by atoms with Crippen LogP contribution in [0.3, 0.4) is 0 Å². The lowest BCUT2D eigenvalue weighted by Gasteiger charge is -2.29. The van der Waals surface area contributed by atoms with Crippen molar-refractivity contribution in [1.29, 1.82) is 0 Å². The van der Waals surface area contributed by atoms with Crippen LogP contribution in [0, 0.1) is 0 Å². The van der Waals surface area contributed by atoms with Crippen LogP contribution in [0.25, 0.3) is 0 Å². The Labute approximate surface area is 213 Å². The maximum atomic E-state index is 13.1. The van der Waals surface area contributed by atoms with E-state index in [0.29, 0.717) is 16.9 Å². The molecule has 1 fully saturated rings. The third kappa shape index (κ3) is 7.27. The molecule has 194 valence electrons. The van der Waals surface area contributed by atoms with Crippen molar-refractivity contribution in [2.24, 2.45) is 0 Å². The molecule has 0 saturated carbocycles. The lowest BCUT2D eigenvalue weighted by molar-refractivity contribution is 0.0634. The van der Waals surface area contributed by atoms with Crippen LogP contribution in [-0.2, 0) is 4.74 Å². The first-order chi connectivity index (χ1) is 17.1. The molecule has 1 aliphatic rings. The van der Waals surface area contributed by atoms with Crippen LogP contribution >= 0.6 is 0 Å². The lowest BCUT2D eigenvalue weighted by atomic mass is 10.1. The van der Waals surface area contributed by atoms with Gasteiger partial charge in [-0.3, -0.25) is 19.9 Å². The number of carbonyl (C=O) groups excluding carboxylic acids is 3. The van der Waals surface area contributed by atoms with Crippen molar-refractivity contribution in [2.45, 2.75) is 59.1 Å². The first kappa shape index (κ1) is 27.1. The van der Waals surface area contributed by atoms with Gasteiger partial charge < -0.3 is 19.9 Å². The van der Waals surface area contributed by atoms with E-state index < -0.39 is 17.6 Å². The average Bonchev–Trinajstić information content (AvgIpc) is 3.30. The normalized spacial score (nSPS) is 15.6. The molecule has 0 aliphatic carbocycles. The van der Waals surface area contributed by atoms with E-state index in [-0.39, 0.29) is 17.6 Å². The van der Waals surface area contributed by atoms with E-state index in [0.717, 1.165) is 39.0 Å². The van der Waals surface area contributed by atoms with Gasteiger partial charge in [-0.15, -0.1) is 0 Å². The standard InChI is InChI=1S/C27H37N5O4/c1-6-31(7-2)18-20-11-10-16-32(20)25(34)19-14-15-23(28-17-19)24(33)29-21-12-8-9-13-22(21)30-26(35)36-27(3,4)5/h8-9,12-15,17,20H,6-7,10-11,16,18H2,1-5H3,(H,29,33)(H,30,35). The number of likely N-dealkylation sites (tertiary alicyclic amines) is 1. The number of rotatable bonds is 8. The smallest absolute Gasteiger partial charge is 0.412 e. The van der Waals surface area contributed by atoms with Crippen molar-refractivity contribution in [3.8, 4) is 0 Å². The number of pyridine rings is 1. The molecule has 9 heteroatoms. The molecule has 1 aromatic carbocycles. The Morgan fingerprint density at radius 3 is 2.31 bits per heavy atom. The van der Waals surface area contributed by atoms with E-state index in [1.165, 1.54) is 6.20 Å². The molecule has 1 atom stereocenters. The molecule has 3 amide bonds. The molecule has 1 unspecified atom stereocenters. The molecule has 9 nitrogen and oxygen atoms in total. The summed E-state index contributed by atoms with van der Waals surface area (Å²) in [6.07, 6.45) is 2.82. The van der Waals surface area contributed by atoms with E-state index in [2.05, 4.69) is 34.4 Å². The van der Waals surface area contributed by atoms with Gasteiger partial charge in [-0.1, -0.05) is 26.0 Å². The Balaban J connectivity index is 1.66. The van der Waals surface area contributed by atoms with Crippen molar-refractivity contribution in [2.75, 3.05) is 36.8 Å². The van der Waals surface area contributed by atoms with Crippen LogP contribution in [0.1, 0.15) is 68.3 Å². The molecular weight excluding hydrogens is 458 g/mol. The molecule has 1 aliphatic heterocycles. The second-order valence-electron chi connectivity index (χ2n) is 9.84. The van der Waals surface area contributed by atoms with E-state index in [9.17, 15) is 14.4 Å². The average molecular weight is 496 g/mol. The minimum absolute atomic E-state index is 0.0592. The minimum Gasteiger partial charge on any atom is -0.444 e. The number of carbonyl (C=O) groups is 3. The summed E-state index contributed by atoms with van der Waals surface area (Å²) in [6, 6.07) is 10.2. The van der Waals surface area contributed by atoms with Crippen LogP contribution in [0.15, 0.2) is 42.6 Å². The third-order valence-electron chi connectivity index (χ3n) is 6.06. The van der Waals surface area contributed by atoms with Gasteiger partial charge >= 0.3 is 6.09 Å². The van der Waals surface area contributed by atoms with E-state index >= 15 is 0 Å². The number of ether oxygens (including phenoxy) is 1. The fourth-order valence-corrected chi connectivity index (χ4v) is 4.19. The predicted molar refractivity (Wildman–Crippen MR) is 140 cm³/mol. The quantitative estimate of drug-likeness (QED) is 0.554. The second kappa shape index (κ2) is 12.0. The molecule has 0 radical (unpaired) electrons. The van der Waals surface area contributed by atoms with Crippen LogP contribution in [-0.4, -0.2) is 70.5 Å². The van der Waals surface area contributed by atoms with Crippen molar-refractivity contribution < 1.29 is 19.1 Å². The Bertz CT molecular complexity index is 1060. The van der Waals surface area contributed by atoms with Crippen LogP contribution in [0.5, 0.6) is 0 Å². The molecule has 2 aromatic rings. The summed E-state index contributed by atoms with van der Waals surface area (Å²) >= 11 is 0. The summed E-state index contributed by atoms with van der Waals surface area (Å²) in [5.41, 5.74) is 0.794. The summed E-state index contributed by atoms with van der Waals surface area (Å²) in [4.78, 5) is 46.7. The van der Waals surface area contributed by atoms with E-state index in [1.807, 2.05) is 4.90 Å². The molecule has 3 rings (SSSR count). The van der Waals surface area contributed by atoms with Gasteiger partial charge in [-0.25, -0.2) is 4.79 Å². The highest BCUT2D eigenvalue weighted by atomic mass is 16.6. The van der Waals surface area contributed by atoms with Gasteiger partial charge in [-0.05, 0) is 71.0 Å². The SMILES string of the molecule is CCN(CC)CC1CCCN1C(=O)c1ccc(C(=O)Nc2ccccc2NC(=O)OC(C)(C)C)nc1. The molecule has 36 heavy (non-hydrogen) atoms. The zero-order chi connectivity index (χ0) is 26.3. The second-order valence-corrected chi connectivity index (χ2v) is 9.84. The number of para-hydroxylation sites is 2. The van der Waals surface area contributed by atoms with Gasteiger partial charge in [0.05, 0.1) is 16.9 Å². The highest BCUT2D eigenvalue weighted by Crippen LogP contribution is 2.24. The third-order valence-corrected chi connectivity index (χ3v) is 6.06. The van der Waals surface area contributed by atoms with Crippen molar-refractivity contribution in [1.82, 2.24) is 14.8 Å². The van der Waals surface area contributed by atoms with Crippen molar-refractivity contribution in [3.05, 3.63) is 53.9 Å². The molecule has 0 spiro atoms. The fraction of sp³-hybridized carbons (Fsp3) is 0.481. The summed E-state index contributed by atoms with van der Waals surface area (Å²) in [5, 5.41) is 5.42. The van der Waals surface area contributed by atoms with Gasteiger partial charge in [0.25, 0.3) is 11.8 Å². The zero-order valence-corrected chi connectivity index (χ0v) is 21.8. The number of amides is 3. The van der Waals surface area contributed by atoms with Gasteiger partial charge in [0, 0.05) is 25.3 Å². The van der Waals surface area contributed by atoms with Crippen LogP contribution < -0.4 is 10.6 Å². The number of anilines is 2. The Kier molecular flexibility index (Phi) is 9.03. The van der Waals surface area contributed by atoms with Gasteiger partial charge in [0.15, 0.2) is 0 Å². The molecule has 1 saturated heterocycles. The number of hydrogen-bond acceptors (Lipinski definition) is 6. The monoisotopic (exact) mass is 495 g/mol. The van der Waals surface area contributed by atoms with Gasteiger partial charge in [-0.2, -0.15) is 0 Å². The molecule has 2 N–H and O–H groups in total. The summed E-state index contributed by atoms with van der Waals surface area (Å²) in [5.74, 6) is -0.510. The highest BCUT2D eigenvalue weighted by Gasteiger charge is 2.30.